The van der Waals surface area contributed by atoms with Gasteiger partial charge in [-0.3, -0.25) is 9.59 Å². The molecule has 0 saturated carbocycles. The molecule has 0 spiro atoms. The maximum absolute atomic E-state index is 13.2. The third-order valence-electron chi connectivity index (χ3n) is 4.95. The van der Waals surface area contributed by atoms with Gasteiger partial charge in [0.2, 0.25) is 0 Å². The maximum Gasteiger partial charge on any atom is 0.308 e. The first-order chi connectivity index (χ1) is 12.8. The number of aliphatic carboxylic acids is 1. The van der Waals surface area contributed by atoms with Gasteiger partial charge in [0.15, 0.2) is 0 Å². The van der Waals surface area contributed by atoms with Crippen LogP contribution in [0.4, 0.5) is 4.39 Å². The molecule has 7 heteroatoms. The van der Waals surface area contributed by atoms with E-state index >= 15 is 0 Å². The summed E-state index contributed by atoms with van der Waals surface area (Å²) < 4.78 is 14.9. The Morgan fingerprint density at radius 1 is 1.22 bits per heavy atom. The minimum atomic E-state index is -0.870. The predicted octanol–water partition coefficient (Wildman–Crippen LogP) is 3.32. The summed E-state index contributed by atoms with van der Waals surface area (Å²) in [6.45, 7) is 6.62. The quantitative estimate of drug-likeness (QED) is 0.892. The van der Waals surface area contributed by atoms with E-state index in [9.17, 15) is 19.1 Å². The van der Waals surface area contributed by atoms with Gasteiger partial charge in [-0.25, -0.2) is 9.07 Å². The summed E-state index contributed by atoms with van der Waals surface area (Å²) in [7, 11) is 0. The topological polar surface area (TPSA) is 75.4 Å². The second-order valence-electron chi connectivity index (χ2n) is 7.57. The molecule has 2 atom stereocenters. The maximum atomic E-state index is 13.2. The Labute approximate surface area is 157 Å². The van der Waals surface area contributed by atoms with Gasteiger partial charge < -0.3 is 10.0 Å². The fourth-order valence-corrected chi connectivity index (χ4v) is 3.73. The summed E-state index contributed by atoms with van der Waals surface area (Å²) in [6, 6.07) is 5.94. The lowest BCUT2D eigenvalue weighted by molar-refractivity contribution is -0.143. The molecule has 27 heavy (non-hydrogen) atoms. The molecule has 1 amide bonds. The average Bonchev–Trinajstić information content (AvgIpc) is 3.06. The first-order valence-electron chi connectivity index (χ1n) is 9.13. The van der Waals surface area contributed by atoms with Gasteiger partial charge in [0.1, 0.15) is 5.82 Å². The molecule has 0 aliphatic carbocycles. The highest BCUT2D eigenvalue weighted by molar-refractivity contribution is 5.96. The van der Waals surface area contributed by atoms with Crippen molar-refractivity contribution in [2.75, 3.05) is 13.1 Å². The highest BCUT2D eigenvalue weighted by atomic mass is 19.1. The van der Waals surface area contributed by atoms with Gasteiger partial charge in [0.05, 0.1) is 29.1 Å². The first kappa shape index (κ1) is 19.1. The van der Waals surface area contributed by atoms with Gasteiger partial charge in [0.25, 0.3) is 5.91 Å². The number of hydrogen-bond donors (Lipinski definition) is 1. The number of piperidine rings is 1. The lowest BCUT2D eigenvalue weighted by Gasteiger charge is -2.34. The van der Waals surface area contributed by atoms with Crippen LogP contribution in [0.3, 0.4) is 0 Å². The highest BCUT2D eigenvalue weighted by Crippen LogP contribution is 2.28. The second-order valence-corrected chi connectivity index (χ2v) is 7.57. The zero-order chi connectivity index (χ0) is 19.7. The summed E-state index contributed by atoms with van der Waals surface area (Å²) in [5.41, 5.74) is 1.87. The number of nitrogens with zero attached hydrogens (tertiary/aromatic N) is 3. The second kappa shape index (κ2) is 7.50. The Bertz CT molecular complexity index is 845. The molecular weight excluding hydrogens is 349 g/mol. The van der Waals surface area contributed by atoms with Crippen LogP contribution in [0.5, 0.6) is 0 Å². The number of hydrogen-bond acceptors (Lipinski definition) is 3. The van der Waals surface area contributed by atoms with Crippen molar-refractivity contribution in [3.05, 3.63) is 47.5 Å². The van der Waals surface area contributed by atoms with Gasteiger partial charge in [-0.05, 0) is 42.5 Å². The van der Waals surface area contributed by atoms with Gasteiger partial charge in [-0.15, -0.1) is 0 Å². The Hall–Kier alpha value is -2.70. The molecule has 2 aromatic rings. The van der Waals surface area contributed by atoms with Crippen LogP contribution in [0.1, 0.15) is 49.2 Å². The Morgan fingerprint density at radius 3 is 2.48 bits per heavy atom. The number of carboxylic acids is 1. The van der Waals surface area contributed by atoms with Gasteiger partial charge in [0, 0.05) is 13.1 Å². The number of rotatable bonds is 4. The van der Waals surface area contributed by atoms with Crippen molar-refractivity contribution in [2.24, 2.45) is 11.8 Å². The Morgan fingerprint density at radius 2 is 1.89 bits per heavy atom. The third kappa shape index (κ3) is 3.86. The predicted molar refractivity (Wildman–Crippen MR) is 98.4 cm³/mol. The Balaban J connectivity index is 1.95. The van der Waals surface area contributed by atoms with Crippen molar-refractivity contribution in [3.8, 4) is 5.69 Å². The fraction of sp³-hybridized carbons (Fsp3) is 0.450. The summed E-state index contributed by atoms with van der Waals surface area (Å²) >= 11 is 0. The van der Waals surface area contributed by atoms with Crippen molar-refractivity contribution >= 4 is 11.9 Å². The highest BCUT2D eigenvalue weighted by Gasteiger charge is 2.34. The number of likely N-dealkylation sites (tertiary alicyclic amines) is 1. The van der Waals surface area contributed by atoms with E-state index in [1.807, 2.05) is 20.8 Å². The monoisotopic (exact) mass is 373 g/mol. The number of halogens is 1. The van der Waals surface area contributed by atoms with Crippen LogP contribution >= 0.6 is 0 Å². The molecule has 2 unspecified atom stereocenters. The Kier molecular flexibility index (Phi) is 5.30. The summed E-state index contributed by atoms with van der Waals surface area (Å²) in [4.78, 5) is 26.2. The van der Waals surface area contributed by atoms with Gasteiger partial charge in [-0.2, -0.15) is 5.10 Å². The van der Waals surface area contributed by atoms with E-state index in [0.29, 0.717) is 24.2 Å². The summed E-state index contributed by atoms with van der Waals surface area (Å²) in [5, 5.41) is 13.7. The van der Waals surface area contributed by atoms with E-state index in [1.165, 1.54) is 18.3 Å². The van der Waals surface area contributed by atoms with Crippen LogP contribution in [0.25, 0.3) is 5.69 Å². The van der Waals surface area contributed by atoms with Crippen molar-refractivity contribution in [3.63, 3.8) is 0 Å². The van der Waals surface area contributed by atoms with Gasteiger partial charge >= 0.3 is 5.97 Å². The molecule has 1 aromatic heterocycles. The molecule has 1 aliphatic rings. The molecule has 0 radical (unpaired) electrons. The zero-order valence-corrected chi connectivity index (χ0v) is 15.7. The zero-order valence-electron chi connectivity index (χ0n) is 15.7. The van der Waals surface area contributed by atoms with E-state index in [0.717, 1.165) is 5.69 Å². The van der Waals surface area contributed by atoms with Gasteiger partial charge in [-0.1, -0.05) is 20.8 Å². The number of amides is 1. The van der Waals surface area contributed by atoms with E-state index in [1.54, 1.807) is 21.7 Å². The number of carboxylic acid groups (broad SMARTS) is 1. The smallest absolute Gasteiger partial charge is 0.308 e. The lowest BCUT2D eigenvalue weighted by Crippen LogP contribution is -2.45. The van der Waals surface area contributed by atoms with Crippen LogP contribution in [0, 0.1) is 17.7 Å². The molecule has 6 nitrogen and oxygen atoms in total. The van der Waals surface area contributed by atoms with Crippen molar-refractivity contribution in [1.82, 2.24) is 14.7 Å². The summed E-state index contributed by atoms with van der Waals surface area (Å²) in [5.74, 6) is -1.83. The van der Waals surface area contributed by atoms with Crippen molar-refractivity contribution < 1.29 is 19.1 Å². The standard InChI is InChI=1S/C20H24FN3O3/c1-12(2)18-17(9-22-24(18)16-6-4-15(21)5-7-16)19(25)23-10-13(3)8-14(11-23)20(26)27/h4-7,9,12-14H,8,10-11H2,1-3H3,(H,26,27). The molecule has 2 heterocycles. The molecule has 3 rings (SSSR count). The van der Waals surface area contributed by atoms with E-state index < -0.39 is 11.9 Å². The van der Waals surface area contributed by atoms with E-state index in [2.05, 4.69) is 5.10 Å². The third-order valence-corrected chi connectivity index (χ3v) is 4.95. The fourth-order valence-electron chi connectivity index (χ4n) is 3.73. The van der Waals surface area contributed by atoms with Crippen LogP contribution < -0.4 is 0 Å². The van der Waals surface area contributed by atoms with Crippen molar-refractivity contribution in [2.45, 2.75) is 33.1 Å². The largest absolute Gasteiger partial charge is 0.481 e. The molecule has 144 valence electrons. The molecule has 1 saturated heterocycles. The number of benzene rings is 1. The summed E-state index contributed by atoms with van der Waals surface area (Å²) in [6.07, 6.45) is 2.10. The number of aromatic nitrogens is 2. The molecule has 1 aromatic carbocycles. The van der Waals surface area contributed by atoms with E-state index in [4.69, 9.17) is 0 Å². The lowest BCUT2D eigenvalue weighted by atomic mass is 9.90. The minimum Gasteiger partial charge on any atom is -0.481 e. The normalized spacial score (nSPS) is 20.1. The van der Waals surface area contributed by atoms with Crippen LogP contribution in [0.15, 0.2) is 30.5 Å². The molecule has 1 fully saturated rings. The number of carbonyl (C=O) groups excluding carboxylic acids is 1. The molecule has 0 bridgehead atoms. The minimum absolute atomic E-state index is 0.00832. The SMILES string of the molecule is CC1CC(C(=O)O)CN(C(=O)c2cnn(-c3ccc(F)cc3)c2C(C)C)C1. The average molecular weight is 373 g/mol. The van der Waals surface area contributed by atoms with E-state index in [-0.39, 0.29) is 30.1 Å². The van der Waals surface area contributed by atoms with Crippen LogP contribution in [0.2, 0.25) is 0 Å². The molecule has 1 aliphatic heterocycles. The van der Waals surface area contributed by atoms with Crippen LogP contribution in [-0.2, 0) is 4.79 Å². The molecule has 1 N–H and O–H groups in total. The molecular formula is C20H24FN3O3. The number of carbonyl (C=O) groups is 2. The first-order valence-corrected chi connectivity index (χ1v) is 9.13. The van der Waals surface area contributed by atoms with Crippen LogP contribution in [-0.4, -0.2) is 44.8 Å². The van der Waals surface area contributed by atoms with Crippen molar-refractivity contribution in [1.29, 1.82) is 0 Å².